The predicted octanol–water partition coefficient (Wildman–Crippen LogP) is 2.09. The monoisotopic (exact) mass is 450 g/mol. The molecule has 1 saturated heterocycles. The summed E-state index contributed by atoms with van der Waals surface area (Å²) >= 11 is 0. The molecule has 1 amide bonds. The number of nitrogens with zero attached hydrogens (tertiary/aromatic N) is 3. The number of carbonyl (C=O) groups excluding carboxylic acids is 1. The van der Waals surface area contributed by atoms with Crippen LogP contribution in [0.25, 0.3) is 0 Å². The highest BCUT2D eigenvalue weighted by Crippen LogP contribution is 2.33. The molecule has 1 fully saturated rings. The Morgan fingerprint density at radius 3 is 2.43 bits per heavy atom. The van der Waals surface area contributed by atoms with Crippen LogP contribution in [0.4, 0.5) is 23.4 Å². The standard InChI is InChI=1S/C17H18F4N4O4S/c1-11-8-15(23-29-11)22-16(26)10-24-4-6-25(7-5-24)30(27,28)12-2-3-14(18)13(9-12)17(19,20)21/h2-3,8-9H,4-7,10H2,1H3,(H,22,23,26). The van der Waals surface area contributed by atoms with Gasteiger partial charge in [0, 0.05) is 32.2 Å². The highest BCUT2D eigenvalue weighted by Gasteiger charge is 2.37. The van der Waals surface area contributed by atoms with E-state index in [2.05, 4.69) is 10.5 Å². The van der Waals surface area contributed by atoms with Gasteiger partial charge in [0.25, 0.3) is 0 Å². The van der Waals surface area contributed by atoms with Gasteiger partial charge in [-0.15, -0.1) is 0 Å². The first-order valence-corrected chi connectivity index (χ1v) is 10.2. The SMILES string of the molecule is Cc1cc(NC(=O)CN2CCN(S(=O)(=O)c3ccc(F)c(C(F)(F)F)c3)CC2)no1. The fourth-order valence-corrected chi connectivity index (χ4v) is 4.42. The van der Waals surface area contributed by atoms with Crippen molar-refractivity contribution >= 4 is 21.7 Å². The fraction of sp³-hybridized carbons (Fsp3) is 0.412. The number of sulfonamides is 1. The molecule has 2 heterocycles. The maximum absolute atomic E-state index is 13.4. The van der Waals surface area contributed by atoms with Crippen molar-refractivity contribution in [1.29, 1.82) is 0 Å². The third-order valence-corrected chi connectivity index (χ3v) is 6.37. The summed E-state index contributed by atoms with van der Waals surface area (Å²) in [5, 5.41) is 6.18. The van der Waals surface area contributed by atoms with Gasteiger partial charge in [-0.3, -0.25) is 9.69 Å². The number of aromatic nitrogens is 1. The molecule has 3 rings (SSSR count). The fourth-order valence-electron chi connectivity index (χ4n) is 2.97. The molecule has 1 aliphatic rings. The molecule has 164 valence electrons. The van der Waals surface area contributed by atoms with Crippen LogP contribution in [0.5, 0.6) is 0 Å². The zero-order chi connectivity index (χ0) is 22.1. The number of carbonyl (C=O) groups is 1. The third-order valence-electron chi connectivity index (χ3n) is 4.47. The van der Waals surface area contributed by atoms with Crippen molar-refractivity contribution in [1.82, 2.24) is 14.4 Å². The molecule has 1 aliphatic heterocycles. The Hall–Kier alpha value is -2.51. The van der Waals surface area contributed by atoms with Gasteiger partial charge in [0.2, 0.25) is 15.9 Å². The first-order valence-electron chi connectivity index (χ1n) is 8.79. The second kappa shape index (κ2) is 8.32. The third kappa shape index (κ3) is 4.96. The molecular formula is C17H18F4N4O4S. The lowest BCUT2D eigenvalue weighted by Gasteiger charge is -2.33. The number of anilines is 1. The Kier molecular flexibility index (Phi) is 6.15. The molecule has 1 aromatic heterocycles. The molecule has 1 aromatic carbocycles. The summed E-state index contributed by atoms with van der Waals surface area (Å²) < 4.78 is 83.3. The van der Waals surface area contributed by atoms with Crippen LogP contribution in [-0.4, -0.2) is 61.4 Å². The molecular weight excluding hydrogens is 432 g/mol. The molecule has 0 atom stereocenters. The van der Waals surface area contributed by atoms with Crippen LogP contribution in [0.15, 0.2) is 33.7 Å². The van der Waals surface area contributed by atoms with Crippen molar-refractivity contribution in [2.24, 2.45) is 0 Å². The molecule has 1 N–H and O–H groups in total. The van der Waals surface area contributed by atoms with Crippen molar-refractivity contribution in [3.63, 3.8) is 0 Å². The van der Waals surface area contributed by atoms with Crippen LogP contribution in [0.3, 0.4) is 0 Å². The molecule has 0 spiro atoms. The smallest absolute Gasteiger partial charge is 0.360 e. The summed E-state index contributed by atoms with van der Waals surface area (Å²) in [6.07, 6.45) is -5.01. The number of rotatable bonds is 5. The first kappa shape index (κ1) is 22.2. The second-order valence-electron chi connectivity index (χ2n) is 6.69. The summed E-state index contributed by atoms with van der Waals surface area (Å²) in [5.74, 6) is -1.12. The number of hydrogen-bond acceptors (Lipinski definition) is 6. The average molecular weight is 450 g/mol. The highest BCUT2D eigenvalue weighted by atomic mass is 32.2. The van der Waals surface area contributed by atoms with Gasteiger partial charge < -0.3 is 9.84 Å². The zero-order valence-electron chi connectivity index (χ0n) is 15.7. The van der Waals surface area contributed by atoms with Gasteiger partial charge in [0.15, 0.2) is 5.82 Å². The number of nitrogens with one attached hydrogen (secondary N) is 1. The van der Waals surface area contributed by atoms with Crippen LogP contribution in [0.2, 0.25) is 0 Å². The Morgan fingerprint density at radius 2 is 1.87 bits per heavy atom. The largest absolute Gasteiger partial charge is 0.419 e. The number of alkyl halides is 3. The second-order valence-corrected chi connectivity index (χ2v) is 8.63. The maximum atomic E-state index is 13.4. The van der Waals surface area contributed by atoms with Crippen LogP contribution >= 0.6 is 0 Å². The Labute approximate surface area is 169 Å². The van der Waals surface area contributed by atoms with Gasteiger partial charge in [0.05, 0.1) is 17.0 Å². The summed E-state index contributed by atoms with van der Waals surface area (Å²) in [6, 6.07) is 3.13. The maximum Gasteiger partial charge on any atom is 0.419 e. The molecule has 0 bridgehead atoms. The van der Waals surface area contributed by atoms with E-state index < -0.39 is 32.5 Å². The van der Waals surface area contributed by atoms with Crippen molar-refractivity contribution in [2.45, 2.75) is 18.0 Å². The molecule has 0 unspecified atom stereocenters. The number of halogens is 4. The number of piperazine rings is 1. The van der Waals surface area contributed by atoms with E-state index in [1.807, 2.05) is 0 Å². The van der Waals surface area contributed by atoms with E-state index in [0.717, 1.165) is 10.4 Å². The lowest BCUT2D eigenvalue weighted by atomic mass is 10.2. The highest BCUT2D eigenvalue weighted by molar-refractivity contribution is 7.89. The van der Waals surface area contributed by atoms with Crippen LogP contribution in [0.1, 0.15) is 11.3 Å². The molecule has 0 radical (unpaired) electrons. The molecule has 30 heavy (non-hydrogen) atoms. The summed E-state index contributed by atoms with van der Waals surface area (Å²) in [5.41, 5.74) is -1.64. The Morgan fingerprint density at radius 1 is 1.20 bits per heavy atom. The minimum Gasteiger partial charge on any atom is -0.360 e. The number of hydrogen-bond donors (Lipinski definition) is 1. The Bertz CT molecular complexity index is 1030. The number of aryl methyl sites for hydroxylation is 1. The number of benzene rings is 1. The topological polar surface area (TPSA) is 95.8 Å². The van der Waals surface area contributed by atoms with E-state index in [0.29, 0.717) is 17.9 Å². The van der Waals surface area contributed by atoms with Crippen molar-refractivity contribution in [3.05, 3.63) is 41.4 Å². The van der Waals surface area contributed by atoms with Crippen molar-refractivity contribution in [3.8, 4) is 0 Å². The van der Waals surface area contributed by atoms with E-state index >= 15 is 0 Å². The molecule has 0 saturated carbocycles. The van der Waals surface area contributed by atoms with E-state index in [1.54, 1.807) is 17.9 Å². The minimum atomic E-state index is -5.01. The lowest BCUT2D eigenvalue weighted by molar-refractivity contribution is -0.140. The first-order chi connectivity index (χ1) is 14.0. The quantitative estimate of drug-likeness (QED) is 0.701. The Balaban J connectivity index is 1.62. The van der Waals surface area contributed by atoms with Gasteiger partial charge >= 0.3 is 6.18 Å². The summed E-state index contributed by atoms with van der Waals surface area (Å²) in [7, 11) is -4.24. The van der Waals surface area contributed by atoms with Crippen molar-refractivity contribution in [2.75, 3.05) is 38.0 Å². The lowest BCUT2D eigenvalue weighted by Crippen LogP contribution is -2.50. The minimum absolute atomic E-state index is 0.0193. The molecule has 2 aromatic rings. The molecule has 0 aliphatic carbocycles. The van der Waals surface area contributed by atoms with Crippen LogP contribution in [-0.2, 0) is 21.0 Å². The van der Waals surface area contributed by atoms with Gasteiger partial charge in [-0.2, -0.15) is 17.5 Å². The van der Waals surface area contributed by atoms with Crippen LogP contribution in [0, 0.1) is 12.7 Å². The number of amides is 1. The van der Waals surface area contributed by atoms with E-state index in [4.69, 9.17) is 4.52 Å². The predicted molar refractivity (Wildman–Crippen MR) is 96.5 cm³/mol. The molecule has 8 nitrogen and oxygen atoms in total. The van der Waals surface area contributed by atoms with Crippen molar-refractivity contribution < 1.29 is 35.3 Å². The van der Waals surface area contributed by atoms with Gasteiger partial charge in [-0.1, -0.05) is 5.16 Å². The summed E-state index contributed by atoms with van der Waals surface area (Å²) in [6.45, 7) is 1.97. The van der Waals surface area contributed by atoms with Gasteiger partial charge in [-0.25, -0.2) is 12.8 Å². The zero-order valence-corrected chi connectivity index (χ0v) is 16.6. The normalized spacial score (nSPS) is 16.6. The van der Waals surface area contributed by atoms with Gasteiger partial charge in [-0.05, 0) is 25.1 Å². The van der Waals surface area contributed by atoms with E-state index in [-0.39, 0.29) is 44.4 Å². The summed E-state index contributed by atoms with van der Waals surface area (Å²) in [4.78, 5) is 13.1. The average Bonchev–Trinajstić information content (AvgIpc) is 3.06. The van der Waals surface area contributed by atoms with E-state index in [1.165, 1.54) is 0 Å². The van der Waals surface area contributed by atoms with Crippen LogP contribution < -0.4 is 5.32 Å². The molecule has 13 heteroatoms. The van der Waals surface area contributed by atoms with Gasteiger partial charge in [0.1, 0.15) is 11.6 Å². The van der Waals surface area contributed by atoms with E-state index in [9.17, 15) is 30.8 Å².